The summed E-state index contributed by atoms with van der Waals surface area (Å²) in [5.41, 5.74) is -1.05. The number of aliphatic hydroxyl groups excluding tert-OH is 1. The van der Waals surface area contributed by atoms with E-state index in [2.05, 4.69) is 10.1 Å². The smallest absolute Gasteiger partial charge is 0.411 e. The molecule has 0 aromatic carbocycles. The third-order valence-corrected chi connectivity index (χ3v) is 4.66. The highest BCUT2D eigenvalue weighted by molar-refractivity contribution is 5.82. The Hall–Kier alpha value is -2.16. The van der Waals surface area contributed by atoms with Gasteiger partial charge in [0, 0.05) is 24.3 Å². The first-order chi connectivity index (χ1) is 11.6. The molecule has 3 atom stereocenters. The van der Waals surface area contributed by atoms with E-state index >= 15 is 0 Å². The highest BCUT2D eigenvalue weighted by atomic mass is 16.6. The van der Waals surface area contributed by atoms with Crippen molar-refractivity contribution < 1.29 is 29.1 Å². The first-order valence-electron chi connectivity index (χ1n) is 8.32. The van der Waals surface area contributed by atoms with E-state index in [1.165, 1.54) is 4.90 Å². The maximum atomic E-state index is 12.5. The standard InChI is InChI=1S/C16H23N3O6/c1-15(2,3)24-14(23)19-9(13(21)22)6-16(7-10(16)19)8-12-17-11(4-5-20)18-25-12/h9-10,20H,4-8H2,1-3H3,(H,21,22). The fourth-order valence-electron chi connectivity index (χ4n) is 3.54. The molecule has 2 N–H and O–H groups in total. The lowest BCUT2D eigenvalue weighted by molar-refractivity contribution is -0.142. The molecule has 3 rings (SSSR count). The van der Waals surface area contributed by atoms with Gasteiger partial charge in [0.2, 0.25) is 5.89 Å². The van der Waals surface area contributed by atoms with Crippen molar-refractivity contribution in [1.82, 2.24) is 15.0 Å². The molecule has 1 aromatic heterocycles. The Morgan fingerprint density at radius 3 is 2.72 bits per heavy atom. The summed E-state index contributed by atoms with van der Waals surface area (Å²) in [6.45, 7) is 5.17. The number of aromatic nitrogens is 2. The molecule has 1 saturated heterocycles. The van der Waals surface area contributed by atoms with Crippen molar-refractivity contribution in [3.63, 3.8) is 0 Å². The summed E-state index contributed by atoms with van der Waals surface area (Å²) < 4.78 is 10.6. The molecular weight excluding hydrogens is 330 g/mol. The summed E-state index contributed by atoms with van der Waals surface area (Å²) in [5, 5.41) is 22.2. The van der Waals surface area contributed by atoms with Gasteiger partial charge in [-0.15, -0.1) is 0 Å². The lowest BCUT2D eigenvalue weighted by atomic mass is 9.96. The van der Waals surface area contributed by atoms with Crippen LogP contribution in [-0.2, 0) is 22.4 Å². The number of carboxylic acid groups (broad SMARTS) is 1. The number of likely N-dealkylation sites (tertiary alicyclic amines) is 1. The molecular formula is C16H23N3O6. The number of amides is 1. The molecule has 0 bridgehead atoms. The Bertz CT molecular complexity index is 682. The number of aliphatic hydroxyl groups is 1. The number of hydrogen-bond acceptors (Lipinski definition) is 7. The van der Waals surface area contributed by atoms with E-state index in [4.69, 9.17) is 14.4 Å². The van der Waals surface area contributed by atoms with Gasteiger partial charge < -0.3 is 19.5 Å². The van der Waals surface area contributed by atoms with Gasteiger partial charge in [0.15, 0.2) is 5.82 Å². The van der Waals surface area contributed by atoms with Gasteiger partial charge in [-0.05, 0) is 33.6 Å². The van der Waals surface area contributed by atoms with E-state index in [9.17, 15) is 14.7 Å². The maximum Gasteiger partial charge on any atom is 0.411 e. The second kappa shape index (κ2) is 5.98. The van der Waals surface area contributed by atoms with Gasteiger partial charge in [0.25, 0.3) is 0 Å². The summed E-state index contributed by atoms with van der Waals surface area (Å²) in [7, 11) is 0. The van der Waals surface area contributed by atoms with Crippen LogP contribution in [0.3, 0.4) is 0 Å². The van der Waals surface area contributed by atoms with Crippen LogP contribution in [-0.4, -0.2) is 61.6 Å². The number of fused-ring (bicyclic) bond motifs is 1. The van der Waals surface area contributed by atoms with Gasteiger partial charge in [-0.3, -0.25) is 4.90 Å². The molecule has 1 aromatic rings. The monoisotopic (exact) mass is 353 g/mol. The van der Waals surface area contributed by atoms with Crippen LogP contribution in [0.5, 0.6) is 0 Å². The van der Waals surface area contributed by atoms with E-state index in [-0.39, 0.29) is 18.1 Å². The zero-order chi connectivity index (χ0) is 18.4. The quantitative estimate of drug-likeness (QED) is 0.803. The normalized spacial score (nSPS) is 27.9. The average Bonchev–Trinajstić information content (AvgIpc) is 2.84. The molecule has 1 aliphatic carbocycles. The number of carboxylic acids is 1. The fraction of sp³-hybridized carbons (Fsp3) is 0.750. The number of aliphatic carboxylic acids is 1. The molecule has 0 radical (unpaired) electrons. The van der Waals surface area contributed by atoms with E-state index in [1.807, 2.05) is 0 Å². The van der Waals surface area contributed by atoms with Crippen LogP contribution in [0, 0.1) is 5.41 Å². The van der Waals surface area contributed by atoms with Gasteiger partial charge in [-0.2, -0.15) is 4.98 Å². The third-order valence-electron chi connectivity index (χ3n) is 4.66. The Balaban J connectivity index is 1.74. The van der Waals surface area contributed by atoms with Gasteiger partial charge in [-0.25, -0.2) is 9.59 Å². The molecule has 9 heteroatoms. The van der Waals surface area contributed by atoms with Gasteiger partial charge >= 0.3 is 12.1 Å². The molecule has 2 fully saturated rings. The zero-order valence-electron chi connectivity index (χ0n) is 14.6. The Morgan fingerprint density at radius 2 is 2.12 bits per heavy atom. The molecule has 25 heavy (non-hydrogen) atoms. The van der Waals surface area contributed by atoms with Gasteiger partial charge in [0.05, 0.1) is 6.61 Å². The van der Waals surface area contributed by atoms with Gasteiger partial charge in [-0.1, -0.05) is 5.16 Å². The largest absolute Gasteiger partial charge is 0.480 e. The minimum atomic E-state index is -1.04. The number of carbonyl (C=O) groups excluding carboxylic acids is 1. The minimum Gasteiger partial charge on any atom is -0.480 e. The van der Waals surface area contributed by atoms with Crippen molar-refractivity contribution in [2.45, 2.75) is 64.1 Å². The molecule has 3 unspecified atom stereocenters. The van der Waals surface area contributed by atoms with Crippen LogP contribution in [0.2, 0.25) is 0 Å². The molecule has 2 heterocycles. The highest BCUT2D eigenvalue weighted by Gasteiger charge is 2.68. The Morgan fingerprint density at radius 1 is 1.40 bits per heavy atom. The summed E-state index contributed by atoms with van der Waals surface area (Å²) in [6.07, 6.45) is 1.15. The van der Waals surface area contributed by atoms with E-state index in [0.29, 0.717) is 37.4 Å². The fourth-order valence-corrected chi connectivity index (χ4v) is 3.54. The summed E-state index contributed by atoms with van der Waals surface area (Å²) >= 11 is 0. The second-order valence-corrected chi connectivity index (χ2v) is 7.78. The second-order valence-electron chi connectivity index (χ2n) is 7.78. The van der Waals surface area contributed by atoms with Crippen LogP contribution in [0.4, 0.5) is 4.79 Å². The third kappa shape index (κ3) is 3.46. The number of piperidine rings is 1. The number of ether oxygens (including phenoxy) is 1. The lowest BCUT2D eigenvalue weighted by Gasteiger charge is -2.28. The molecule has 9 nitrogen and oxygen atoms in total. The van der Waals surface area contributed by atoms with Crippen LogP contribution in [0.15, 0.2) is 4.52 Å². The van der Waals surface area contributed by atoms with E-state index in [0.717, 1.165) is 0 Å². The first kappa shape index (κ1) is 17.7. The van der Waals surface area contributed by atoms with Crippen LogP contribution < -0.4 is 0 Å². The lowest BCUT2D eigenvalue weighted by Crippen LogP contribution is -2.45. The number of carbonyl (C=O) groups is 2. The number of hydrogen-bond donors (Lipinski definition) is 2. The predicted octanol–water partition coefficient (Wildman–Crippen LogP) is 1.000. The van der Waals surface area contributed by atoms with Crippen molar-refractivity contribution >= 4 is 12.1 Å². The molecule has 1 amide bonds. The molecule has 138 valence electrons. The van der Waals surface area contributed by atoms with Crippen LogP contribution in [0.1, 0.15) is 45.3 Å². The molecule has 2 aliphatic rings. The first-order valence-corrected chi connectivity index (χ1v) is 8.32. The maximum absolute atomic E-state index is 12.5. The number of nitrogens with zero attached hydrogens (tertiary/aromatic N) is 3. The Kier molecular flexibility index (Phi) is 4.22. The van der Waals surface area contributed by atoms with Crippen molar-refractivity contribution in [1.29, 1.82) is 0 Å². The van der Waals surface area contributed by atoms with Crippen molar-refractivity contribution in [2.24, 2.45) is 5.41 Å². The van der Waals surface area contributed by atoms with E-state index < -0.39 is 23.7 Å². The van der Waals surface area contributed by atoms with Crippen molar-refractivity contribution in [3.8, 4) is 0 Å². The van der Waals surface area contributed by atoms with E-state index in [1.54, 1.807) is 20.8 Å². The highest BCUT2D eigenvalue weighted by Crippen LogP contribution is 2.61. The summed E-state index contributed by atoms with van der Waals surface area (Å²) in [4.78, 5) is 29.6. The van der Waals surface area contributed by atoms with Crippen LogP contribution >= 0.6 is 0 Å². The molecule has 1 aliphatic heterocycles. The minimum absolute atomic E-state index is 0.0692. The van der Waals surface area contributed by atoms with Crippen LogP contribution in [0.25, 0.3) is 0 Å². The topological polar surface area (TPSA) is 126 Å². The predicted molar refractivity (Wildman–Crippen MR) is 83.7 cm³/mol. The summed E-state index contributed by atoms with van der Waals surface area (Å²) in [5.74, 6) is -0.215. The molecule has 0 spiro atoms. The SMILES string of the molecule is CC(C)(C)OC(=O)N1C(C(=O)O)CC2(Cc3nc(CCO)no3)CC12. The zero-order valence-corrected chi connectivity index (χ0v) is 14.6. The van der Waals surface area contributed by atoms with Gasteiger partial charge in [0.1, 0.15) is 11.6 Å². The average molecular weight is 353 g/mol. The van der Waals surface area contributed by atoms with Crippen molar-refractivity contribution in [3.05, 3.63) is 11.7 Å². The van der Waals surface area contributed by atoms with Crippen molar-refractivity contribution in [2.75, 3.05) is 6.61 Å². The number of rotatable bonds is 5. The Labute approximate surface area is 144 Å². The summed E-state index contributed by atoms with van der Waals surface area (Å²) in [6, 6.07) is -1.11. The molecule has 1 saturated carbocycles.